The summed E-state index contributed by atoms with van der Waals surface area (Å²) in [6, 6.07) is 5.63. The monoisotopic (exact) mass is 279 g/mol. The van der Waals surface area contributed by atoms with Crippen LogP contribution in [0.5, 0.6) is 0 Å². The average molecular weight is 280 g/mol. The van der Waals surface area contributed by atoms with Crippen molar-refractivity contribution < 1.29 is 0 Å². The first-order valence-electron chi connectivity index (χ1n) is 6.68. The summed E-state index contributed by atoms with van der Waals surface area (Å²) in [6.45, 7) is 8.97. The van der Waals surface area contributed by atoms with E-state index >= 15 is 0 Å². The van der Waals surface area contributed by atoms with Crippen molar-refractivity contribution in [3.8, 4) is 0 Å². The van der Waals surface area contributed by atoms with Gasteiger partial charge in [0.25, 0.3) is 0 Å². The Balaban J connectivity index is 2.18. The molecule has 1 aromatic carbocycles. The normalized spacial score (nSPS) is 19.8. The second-order valence-corrected chi connectivity index (χ2v) is 6.78. The molecule has 3 N–H and O–H groups in total. The molecular weight excluding hydrogens is 258 g/mol. The van der Waals surface area contributed by atoms with Gasteiger partial charge in [-0.15, -0.1) is 0 Å². The van der Waals surface area contributed by atoms with Gasteiger partial charge >= 0.3 is 0 Å². The first-order chi connectivity index (χ1) is 8.79. The molecule has 1 saturated heterocycles. The molecule has 1 heterocycles. The standard InChI is InChI=1S/C15H22ClN3/c1-15(2,3)11-6-7-19(9-11)13-5-4-10(14(17)18)8-12(13)16/h4-5,8,11H,6-7,9H2,1-3H3,(H3,17,18). The van der Waals surface area contributed by atoms with E-state index < -0.39 is 0 Å². The summed E-state index contributed by atoms with van der Waals surface area (Å²) in [5.41, 5.74) is 7.55. The highest BCUT2D eigenvalue weighted by Gasteiger charge is 2.32. The van der Waals surface area contributed by atoms with Gasteiger partial charge in [0.15, 0.2) is 0 Å². The number of halogens is 1. The second-order valence-electron chi connectivity index (χ2n) is 6.38. The van der Waals surface area contributed by atoms with Crippen LogP contribution in [0.2, 0.25) is 5.02 Å². The largest absolute Gasteiger partial charge is 0.384 e. The number of rotatable bonds is 2. The molecule has 0 aliphatic carbocycles. The van der Waals surface area contributed by atoms with Gasteiger partial charge in [0, 0.05) is 18.7 Å². The van der Waals surface area contributed by atoms with Gasteiger partial charge in [-0.2, -0.15) is 0 Å². The smallest absolute Gasteiger partial charge is 0.122 e. The van der Waals surface area contributed by atoms with Crippen LogP contribution in [0.25, 0.3) is 0 Å². The predicted octanol–water partition coefficient (Wildman–Crippen LogP) is 3.50. The van der Waals surface area contributed by atoms with Crippen molar-refractivity contribution in [3.63, 3.8) is 0 Å². The summed E-state index contributed by atoms with van der Waals surface area (Å²) in [6.07, 6.45) is 1.20. The molecule has 0 spiro atoms. The number of nitrogens with two attached hydrogens (primary N) is 1. The van der Waals surface area contributed by atoms with Crippen molar-refractivity contribution in [2.24, 2.45) is 17.1 Å². The lowest BCUT2D eigenvalue weighted by molar-refractivity contribution is 0.263. The average Bonchev–Trinajstić information content (AvgIpc) is 2.77. The maximum Gasteiger partial charge on any atom is 0.122 e. The minimum absolute atomic E-state index is 0.0578. The molecule has 1 aliphatic heterocycles. The third kappa shape index (κ3) is 3.03. The fourth-order valence-corrected chi connectivity index (χ4v) is 2.92. The zero-order chi connectivity index (χ0) is 14.2. The van der Waals surface area contributed by atoms with E-state index in [1.807, 2.05) is 12.1 Å². The number of nitrogens with one attached hydrogen (secondary N) is 1. The van der Waals surface area contributed by atoms with Crippen LogP contribution >= 0.6 is 11.6 Å². The minimum Gasteiger partial charge on any atom is -0.384 e. The topological polar surface area (TPSA) is 53.1 Å². The number of hydrogen-bond acceptors (Lipinski definition) is 2. The molecule has 4 heteroatoms. The van der Waals surface area contributed by atoms with Gasteiger partial charge in [0.2, 0.25) is 0 Å². The lowest BCUT2D eigenvalue weighted by Crippen LogP contribution is -2.26. The second kappa shape index (κ2) is 5.04. The highest BCUT2D eigenvalue weighted by Crippen LogP contribution is 2.37. The summed E-state index contributed by atoms with van der Waals surface area (Å²) < 4.78 is 0. The number of amidine groups is 1. The predicted molar refractivity (Wildman–Crippen MR) is 82.2 cm³/mol. The third-order valence-electron chi connectivity index (χ3n) is 4.01. The summed E-state index contributed by atoms with van der Waals surface area (Å²) in [7, 11) is 0. The zero-order valence-electron chi connectivity index (χ0n) is 11.8. The van der Waals surface area contributed by atoms with Crippen LogP contribution in [-0.4, -0.2) is 18.9 Å². The van der Waals surface area contributed by atoms with Crippen molar-refractivity contribution in [3.05, 3.63) is 28.8 Å². The molecule has 2 rings (SSSR count). The molecule has 0 aromatic heterocycles. The lowest BCUT2D eigenvalue weighted by atomic mass is 9.80. The molecular formula is C15H22ClN3. The molecule has 104 valence electrons. The van der Waals surface area contributed by atoms with Gasteiger partial charge in [-0.1, -0.05) is 32.4 Å². The van der Waals surface area contributed by atoms with Crippen molar-refractivity contribution in [1.82, 2.24) is 0 Å². The number of benzene rings is 1. The van der Waals surface area contributed by atoms with E-state index in [0.717, 1.165) is 18.8 Å². The van der Waals surface area contributed by atoms with E-state index in [-0.39, 0.29) is 5.84 Å². The maximum atomic E-state index is 7.43. The van der Waals surface area contributed by atoms with Crippen LogP contribution in [0.1, 0.15) is 32.8 Å². The Morgan fingerprint density at radius 3 is 2.58 bits per heavy atom. The number of nitrogen functional groups attached to an aromatic ring is 1. The molecule has 1 aliphatic rings. The van der Waals surface area contributed by atoms with Crippen molar-refractivity contribution >= 4 is 23.1 Å². The van der Waals surface area contributed by atoms with E-state index in [1.165, 1.54) is 6.42 Å². The first-order valence-corrected chi connectivity index (χ1v) is 7.05. The summed E-state index contributed by atoms with van der Waals surface area (Å²) in [5.74, 6) is 0.749. The molecule has 0 radical (unpaired) electrons. The van der Waals surface area contributed by atoms with E-state index in [2.05, 4.69) is 25.7 Å². The minimum atomic E-state index is 0.0578. The van der Waals surface area contributed by atoms with Gasteiger partial charge in [-0.25, -0.2) is 0 Å². The highest BCUT2D eigenvalue weighted by atomic mass is 35.5. The van der Waals surface area contributed by atoms with E-state index in [4.69, 9.17) is 22.7 Å². The first kappa shape index (κ1) is 14.2. The van der Waals surface area contributed by atoms with E-state index in [1.54, 1.807) is 6.07 Å². The molecule has 1 unspecified atom stereocenters. The summed E-state index contributed by atoms with van der Waals surface area (Å²) in [4.78, 5) is 2.34. The number of anilines is 1. The van der Waals surface area contributed by atoms with Crippen molar-refractivity contribution in [1.29, 1.82) is 5.41 Å². The molecule has 1 fully saturated rings. The van der Waals surface area contributed by atoms with Gasteiger partial charge in [-0.05, 0) is 36.0 Å². The Bertz CT molecular complexity index is 491. The molecule has 0 amide bonds. The SMILES string of the molecule is CC(C)(C)C1CCN(c2ccc(C(=N)N)cc2Cl)C1. The van der Waals surface area contributed by atoms with Gasteiger partial charge in [0.1, 0.15) is 5.84 Å². The summed E-state index contributed by atoms with van der Waals surface area (Å²) >= 11 is 6.32. The molecule has 3 nitrogen and oxygen atoms in total. The molecule has 1 aromatic rings. The number of nitrogens with zero attached hydrogens (tertiary/aromatic N) is 1. The molecule has 1 atom stereocenters. The Hall–Kier alpha value is -1.22. The lowest BCUT2D eigenvalue weighted by Gasteiger charge is -2.27. The van der Waals surface area contributed by atoms with Crippen LogP contribution < -0.4 is 10.6 Å². The molecule has 0 bridgehead atoms. The van der Waals surface area contributed by atoms with Crippen LogP contribution in [-0.2, 0) is 0 Å². The quantitative estimate of drug-likeness (QED) is 0.643. The number of hydrogen-bond donors (Lipinski definition) is 2. The van der Waals surface area contributed by atoms with Gasteiger partial charge < -0.3 is 10.6 Å². The van der Waals surface area contributed by atoms with Gasteiger partial charge in [-0.3, -0.25) is 5.41 Å². The van der Waals surface area contributed by atoms with Gasteiger partial charge in [0.05, 0.1) is 10.7 Å². The summed E-state index contributed by atoms with van der Waals surface area (Å²) in [5, 5.41) is 8.11. The maximum absolute atomic E-state index is 7.43. The van der Waals surface area contributed by atoms with Crippen LogP contribution in [0.3, 0.4) is 0 Å². The van der Waals surface area contributed by atoms with E-state index in [9.17, 15) is 0 Å². The van der Waals surface area contributed by atoms with Crippen molar-refractivity contribution in [2.75, 3.05) is 18.0 Å². The Morgan fingerprint density at radius 2 is 2.11 bits per heavy atom. The van der Waals surface area contributed by atoms with E-state index in [0.29, 0.717) is 21.9 Å². The van der Waals surface area contributed by atoms with Crippen LogP contribution in [0.4, 0.5) is 5.69 Å². The highest BCUT2D eigenvalue weighted by molar-refractivity contribution is 6.33. The Kier molecular flexibility index (Phi) is 3.77. The Labute approximate surface area is 120 Å². The Morgan fingerprint density at radius 1 is 1.42 bits per heavy atom. The molecule has 0 saturated carbocycles. The van der Waals surface area contributed by atoms with Crippen molar-refractivity contribution in [2.45, 2.75) is 27.2 Å². The fourth-order valence-electron chi connectivity index (χ4n) is 2.62. The fraction of sp³-hybridized carbons (Fsp3) is 0.533. The molecule has 19 heavy (non-hydrogen) atoms. The van der Waals surface area contributed by atoms with Crippen LogP contribution in [0, 0.1) is 16.7 Å². The van der Waals surface area contributed by atoms with Crippen LogP contribution in [0.15, 0.2) is 18.2 Å². The zero-order valence-corrected chi connectivity index (χ0v) is 12.6. The third-order valence-corrected chi connectivity index (χ3v) is 4.32.